The average Bonchev–Trinajstić information content (AvgIpc) is 2.63. The van der Waals surface area contributed by atoms with Crippen LogP contribution >= 0.6 is 11.8 Å². The lowest BCUT2D eigenvalue weighted by atomic mass is 10.0. The van der Waals surface area contributed by atoms with Gasteiger partial charge in [-0.3, -0.25) is 4.79 Å². The number of aliphatic carboxylic acids is 1. The topological polar surface area (TPSA) is 72.9 Å². The van der Waals surface area contributed by atoms with Crippen molar-refractivity contribution in [2.45, 2.75) is 25.8 Å². The van der Waals surface area contributed by atoms with E-state index in [-0.39, 0.29) is 18.3 Å². The molecule has 2 heterocycles. The molecule has 1 atom stereocenters. The highest BCUT2D eigenvalue weighted by molar-refractivity contribution is 8.00. The quantitative estimate of drug-likeness (QED) is 0.757. The maximum absolute atomic E-state index is 13.7. The van der Waals surface area contributed by atoms with Crippen molar-refractivity contribution in [2.24, 2.45) is 0 Å². The standard InChI is InChI=1S/C20H24FN3O3S/c1-3-28-19-18(20(26)27)13(2)9-17(23-8-7-22-16(25)12-23)24(19)11-14-5-4-6-15(21)10-14/h4-6,9-10,19H,3,7-8,11-12H2,1-2H3,(H,22,25)(H,26,27). The minimum atomic E-state index is -0.959. The lowest BCUT2D eigenvalue weighted by molar-refractivity contribution is -0.133. The molecule has 1 fully saturated rings. The van der Waals surface area contributed by atoms with Gasteiger partial charge in [-0.1, -0.05) is 19.1 Å². The summed E-state index contributed by atoms with van der Waals surface area (Å²) >= 11 is 1.52. The van der Waals surface area contributed by atoms with Gasteiger partial charge in [0.15, 0.2) is 0 Å². The number of nitrogens with zero attached hydrogens (tertiary/aromatic N) is 2. The van der Waals surface area contributed by atoms with Crippen LogP contribution in [0.1, 0.15) is 19.4 Å². The Morgan fingerprint density at radius 3 is 2.86 bits per heavy atom. The number of hydrogen-bond donors (Lipinski definition) is 2. The second-order valence-electron chi connectivity index (χ2n) is 6.74. The van der Waals surface area contributed by atoms with Gasteiger partial charge in [0.25, 0.3) is 0 Å². The maximum Gasteiger partial charge on any atom is 0.334 e. The molecule has 1 aromatic rings. The smallest absolute Gasteiger partial charge is 0.334 e. The third-order valence-electron chi connectivity index (χ3n) is 4.75. The van der Waals surface area contributed by atoms with Crippen molar-refractivity contribution >= 4 is 23.6 Å². The van der Waals surface area contributed by atoms with E-state index < -0.39 is 11.3 Å². The molecule has 1 saturated heterocycles. The number of rotatable bonds is 6. The Hall–Kier alpha value is -2.48. The Bertz CT molecular complexity index is 840. The lowest BCUT2D eigenvalue weighted by Crippen LogP contribution is -2.52. The number of carboxylic acids is 1. The predicted molar refractivity (Wildman–Crippen MR) is 107 cm³/mol. The van der Waals surface area contributed by atoms with E-state index in [0.717, 1.165) is 17.1 Å². The number of piperazine rings is 1. The van der Waals surface area contributed by atoms with Crippen LogP contribution in [0.4, 0.5) is 4.39 Å². The Kier molecular flexibility index (Phi) is 6.28. The summed E-state index contributed by atoms with van der Waals surface area (Å²) in [6.45, 7) is 5.50. The number of hydrogen-bond acceptors (Lipinski definition) is 5. The van der Waals surface area contributed by atoms with Gasteiger partial charge in [0.2, 0.25) is 5.91 Å². The third kappa shape index (κ3) is 4.32. The number of amides is 1. The van der Waals surface area contributed by atoms with E-state index in [2.05, 4.69) is 5.32 Å². The molecule has 1 unspecified atom stereocenters. The summed E-state index contributed by atoms with van der Waals surface area (Å²) in [5.41, 5.74) is 1.75. The van der Waals surface area contributed by atoms with Gasteiger partial charge in [-0.15, -0.1) is 11.8 Å². The van der Waals surface area contributed by atoms with Crippen molar-refractivity contribution in [2.75, 3.05) is 25.4 Å². The molecule has 1 aromatic carbocycles. The zero-order valence-corrected chi connectivity index (χ0v) is 16.8. The summed E-state index contributed by atoms with van der Waals surface area (Å²) in [6, 6.07) is 6.31. The molecule has 3 rings (SSSR count). The fourth-order valence-electron chi connectivity index (χ4n) is 3.53. The Morgan fingerprint density at radius 2 is 2.21 bits per heavy atom. The molecule has 0 aliphatic carbocycles. The number of allylic oxidation sites excluding steroid dienone is 2. The number of carbonyl (C=O) groups excluding carboxylic acids is 1. The highest BCUT2D eigenvalue weighted by atomic mass is 32.2. The number of carbonyl (C=O) groups is 2. The van der Waals surface area contributed by atoms with Gasteiger partial charge in [-0.05, 0) is 42.0 Å². The summed E-state index contributed by atoms with van der Waals surface area (Å²) < 4.78 is 13.7. The monoisotopic (exact) mass is 405 g/mol. The summed E-state index contributed by atoms with van der Waals surface area (Å²) in [5, 5.41) is 12.2. The lowest BCUT2D eigenvalue weighted by Gasteiger charge is -2.44. The van der Waals surface area contributed by atoms with Gasteiger partial charge in [0.05, 0.1) is 12.1 Å². The van der Waals surface area contributed by atoms with Crippen molar-refractivity contribution in [3.8, 4) is 0 Å². The van der Waals surface area contributed by atoms with Crippen molar-refractivity contribution in [3.05, 3.63) is 58.7 Å². The van der Waals surface area contributed by atoms with E-state index in [1.54, 1.807) is 13.0 Å². The number of benzene rings is 1. The third-order valence-corrected chi connectivity index (χ3v) is 5.89. The van der Waals surface area contributed by atoms with Gasteiger partial charge in [0, 0.05) is 19.6 Å². The van der Waals surface area contributed by atoms with Gasteiger partial charge in [-0.2, -0.15) is 0 Å². The molecule has 0 saturated carbocycles. The van der Waals surface area contributed by atoms with Crippen LogP contribution in [0.2, 0.25) is 0 Å². The van der Waals surface area contributed by atoms with Crippen LogP contribution in [0.5, 0.6) is 0 Å². The van der Waals surface area contributed by atoms with Crippen molar-refractivity contribution in [3.63, 3.8) is 0 Å². The van der Waals surface area contributed by atoms with Crippen LogP contribution in [0.15, 0.2) is 47.3 Å². The van der Waals surface area contributed by atoms with Crippen molar-refractivity contribution in [1.82, 2.24) is 15.1 Å². The largest absolute Gasteiger partial charge is 0.478 e. The van der Waals surface area contributed by atoms with E-state index in [1.807, 2.05) is 28.9 Å². The highest BCUT2D eigenvalue weighted by Gasteiger charge is 2.36. The first-order valence-corrected chi connectivity index (χ1v) is 10.3. The normalized spacial score (nSPS) is 20.2. The number of thioether (sulfide) groups is 1. The van der Waals surface area contributed by atoms with Gasteiger partial charge in [0.1, 0.15) is 17.0 Å². The van der Waals surface area contributed by atoms with E-state index in [4.69, 9.17) is 0 Å². The molecule has 0 aromatic heterocycles. The zero-order valence-electron chi connectivity index (χ0n) is 15.9. The second kappa shape index (κ2) is 8.68. The van der Waals surface area contributed by atoms with E-state index >= 15 is 0 Å². The first kappa shape index (κ1) is 20.3. The van der Waals surface area contributed by atoms with Crippen LogP contribution in [-0.2, 0) is 16.1 Å². The molecule has 0 bridgehead atoms. The number of carboxylic acid groups (broad SMARTS) is 1. The molecule has 0 radical (unpaired) electrons. The Labute approximate surface area is 168 Å². The average molecular weight is 405 g/mol. The first-order chi connectivity index (χ1) is 13.4. The summed E-state index contributed by atoms with van der Waals surface area (Å²) in [5.74, 6) is 0.166. The van der Waals surface area contributed by atoms with E-state index in [1.165, 1.54) is 23.9 Å². The summed E-state index contributed by atoms with van der Waals surface area (Å²) in [6.07, 6.45) is 1.83. The molecule has 2 N–H and O–H groups in total. The molecule has 2 aliphatic heterocycles. The number of nitrogens with one attached hydrogen (secondary N) is 1. The van der Waals surface area contributed by atoms with E-state index in [9.17, 15) is 19.1 Å². The number of halogens is 1. The molecule has 150 valence electrons. The van der Waals surface area contributed by atoms with Crippen LogP contribution in [0.25, 0.3) is 0 Å². The molecule has 1 amide bonds. The second-order valence-corrected chi connectivity index (χ2v) is 8.10. The fourth-order valence-corrected chi connectivity index (χ4v) is 4.67. The Morgan fingerprint density at radius 1 is 1.43 bits per heavy atom. The zero-order chi connectivity index (χ0) is 20.3. The SMILES string of the molecule is CCSC1C(C(=O)O)=C(C)C=C(N2CCNC(=O)C2)N1Cc1cccc(F)c1. The molecule has 8 heteroatoms. The van der Waals surface area contributed by atoms with Crippen LogP contribution in [-0.4, -0.2) is 57.5 Å². The van der Waals surface area contributed by atoms with Gasteiger partial charge < -0.3 is 20.2 Å². The molecule has 0 spiro atoms. The molecule has 6 nitrogen and oxygen atoms in total. The molecule has 2 aliphatic rings. The summed E-state index contributed by atoms with van der Waals surface area (Å²) in [4.78, 5) is 27.8. The summed E-state index contributed by atoms with van der Waals surface area (Å²) in [7, 11) is 0. The minimum Gasteiger partial charge on any atom is -0.478 e. The Balaban J connectivity index is 2.04. The molecular weight excluding hydrogens is 381 g/mol. The van der Waals surface area contributed by atoms with Crippen LogP contribution in [0, 0.1) is 5.82 Å². The fraction of sp³-hybridized carbons (Fsp3) is 0.400. The highest BCUT2D eigenvalue weighted by Crippen LogP contribution is 2.36. The van der Waals surface area contributed by atoms with Crippen molar-refractivity contribution < 1.29 is 19.1 Å². The van der Waals surface area contributed by atoms with Gasteiger partial charge in [-0.25, -0.2) is 9.18 Å². The van der Waals surface area contributed by atoms with Crippen LogP contribution < -0.4 is 5.32 Å². The van der Waals surface area contributed by atoms with Gasteiger partial charge >= 0.3 is 5.97 Å². The van der Waals surface area contributed by atoms with Crippen molar-refractivity contribution in [1.29, 1.82) is 0 Å². The predicted octanol–water partition coefficient (Wildman–Crippen LogP) is 2.39. The molecule has 28 heavy (non-hydrogen) atoms. The van der Waals surface area contributed by atoms with E-state index in [0.29, 0.717) is 30.8 Å². The maximum atomic E-state index is 13.7. The minimum absolute atomic E-state index is 0.0665. The molecular formula is C20H24FN3O3S. The first-order valence-electron chi connectivity index (χ1n) is 9.20. The van der Waals surface area contributed by atoms with Crippen LogP contribution in [0.3, 0.4) is 0 Å².